The van der Waals surface area contributed by atoms with Gasteiger partial charge in [0.15, 0.2) is 0 Å². The molecule has 0 aliphatic heterocycles. The van der Waals surface area contributed by atoms with Gasteiger partial charge in [0.05, 0.1) is 6.61 Å². The van der Waals surface area contributed by atoms with Crippen LogP contribution >= 0.6 is 0 Å². The lowest BCUT2D eigenvalue weighted by atomic mass is 9.67. The molecule has 2 fully saturated rings. The van der Waals surface area contributed by atoms with Crippen LogP contribution in [0.5, 0.6) is 5.75 Å². The minimum atomic E-state index is -0.880. The lowest BCUT2D eigenvalue weighted by molar-refractivity contribution is -0.146. The second-order valence-corrected chi connectivity index (χ2v) is 6.55. The van der Waals surface area contributed by atoms with Crippen LogP contribution in [0, 0.1) is 12.3 Å². The van der Waals surface area contributed by atoms with Gasteiger partial charge in [-0.2, -0.15) is 0 Å². The SMILES string of the molecule is CCOc1ccc(NC(=O)C2(C(=O)NC3CC3)CCC2)cc1C. The molecule has 1 aromatic carbocycles. The van der Waals surface area contributed by atoms with Gasteiger partial charge in [0, 0.05) is 11.7 Å². The van der Waals surface area contributed by atoms with Crippen molar-refractivity contribution in [1.82, 2.24) is 5.32 Å². The Balaban J connectivity index is 1.69. The molecule has 0 saturated heterocycles. The standard InChI is InChI=1S/C18H24N2O3/c1-3-23-15-8-7-14(11-12(15)2)20-17(22)18(9-4-10-18)16(21)19-13-5-6-13/h7-8,11,13H,3-6,9-10H2,1-2H3,(H,19,21)(H,20,22). The number of amides is 2. The van der Waals surface area contributed by atoms with Gasteiger partial charge in [-0.25, -0.2) is 0 Å². The van der Waals surface area contributed by atoms with E-state index in [1.807, 2.05) is 32.0 Å². The van der Waals surface area contributed by atoms with Gasteiger partial charge in [0.1, 0.15) is 11.2 Å². The number of hydrogen-bond acceptors (Lipinski definition) is 3. The average molecular weight is 316 g/mol. The van der Waals surface area contributed by atoms with Crippen LogP contribution in [0.3, 0.4) is 0 Å². The molecular formula is C18H24N2O3. The summed E-state index contributed by atoms with van der Waals surface area (Å²) in [5.41, 5.74) is 0.797. The highest BCUT2D eigenvalue weighted by Crippen LogP contribution is 2.43. The third kappa shape index (κ3) is 3.19. The Labute approximate surface area is 136 Å². The van der Waals surface area contributed by atoms with E-state index in [1.54, 1.807) is 0 Å². The topological polar surface area (TPSA) is 67.4 Å². The van der Waals surface area contributed by atoms with Crippen molar-refractivity contribution in [2.24, 2.45) is 5.41 Å². The van der Waals surface area contributed by atoms with Crippen LogP contribution in [0.25, 0.3) is 0 Å². The molecule has 2 saturated carbocycles. The molecule has 2 N–H and O–H groups in total. The van der Waals surface area contributed by atoms with Crippen molar-refractivity contribution in [1.29, 1.82) is 0 Å². The summed E-state index contributed by atoms with van der Waals surface area (Å²) < 4.78 is 5.51. The summed E-state index contributed by atoms with van der Waals surface area (Å²) >= 11 is 0. The van der Waals surface area contributed by atoms with E-state index in [4.69, 9.17) is 4.74 Å². The number of hydrogen-bond donors (Lipinski definition) is 2. The molecule has 2 amide bonds. The number of nitrogens with one attached hydrogen (secondary N) is 2. The molecule has 0 unspecified atom stereocenters. The summed E-state index contributed by atoms with van der Waals surface area (Å²) in [6.07, 6.45) is 4.25. The zero-order valence-corrected chi connectivity index (χ0v) is 13.8. The van der Waals surface area contributed by atoms with Crippen molar-refractivity contribution in [3.63, 3.8) is 0 Å². The number of rotatable bonds is 6. The summed E-state index contributed by atoms with van der Waals surface area (Å²) in [5.74, 6) is 0.521. The van der Waals surface area contributed by atoms with E-state index in [9.17, 15) is 9.59 Å². The molecule has 0 spiro atoms. The quantitative estimate of drug-likeness (QED) is 0.793. The summed E-state index contributed by atoms with van der Waals surface area (Å²) in [4.78, 5) is 25.1. The average Bonchev–Trinajstić information content (AvgIpc) is 3.24. The van der Waals surface area contributed by atoms with Crippen molar-refractivity contribution in [2.45, 2.75) is 52.0 Å². The van der Waals surface area contributed by atoms with Gasteiger partial charge in [-0.15, -0.1) is 0 Å². The monoisotopic (exact) mass is 316 g/mol. The molecule has 2 aliphatic rings. The third-order valence-electron chi connectivity index (χ3n) is 4.72. The van der Waals surface area contributed by atoms with Gasteiger partial charge >= 0.3 is 0 Å². The van der Waals surface area contributed by atoms with E-state index < -0.39 is 5.41 Å². The number of benzene rings is 1. The highest BCUT2D eigenvalue weighted by Gasteiger charge is 2.51. The fraction of sp³-hybridized carbons (Fsp3) is 0.556. The highest BCUT2D eigenvalue weighted by atomic mass is 16.5. The first-order valence-corrected chi connectivity index (χ1v) is 8.41. The van der Waals surface area contributed by atoms with E-state index >= 15 is 0 Å². The van der Waals surface area contributed by atoms with Crippen molar-refractivity contribution in [3.05, 3.63) is 23.8 Å². The number of carbonyl (C=O) groups excluding carboxylic acids is 2. The predicted octanol–water partition coefficient (Wildman–Crippen LogP) is 2.78. The zero-order chi connectivity index (χ0) is 16.4. The summed E-state index contributed by atoms with van der Waals surface area (Å²) in [7, 11) is 0. The highest BCUT2D eigenvalue weighted by molar-refractivity contribution is 6.11. The van der Waals surface area contributed by atoms with Crippen LogP contribution < -0.4 is 15.4 Å². The Hall–Kier alpha value is -2.04. The Morgan fingerprint density at radius 3 is 2.52 bits per heavy atom. The van der Waals surface area contributed by atoms with E-state index in [0.717, 1.165) is 30.6 Å². The number of ether oxygens (including phenoxy) is 1. The van der Waals surface area contributed by atoms with E-state index in [0.29, 0.717) is 25.1 Å². The van der Waals surface area contributed by atoms with E-state index in [2.05, 4.69) is 10.6 Å². The van der Waals surface area contributed by atoms with Gasteiger partial charge in [-0.1, -0.05) is 6.42 Å². The molecule has 2 aliphatic carbocycles. The predicted molar refractivity (Wildman–Crippen MR) is 88.4 cm³/mol. The molecule has 0 radical (unpaired) electrons. The number of carbonyl (C=O) groups is 2. The van der Waals surface area contributed by atoms with Gasteiger partial charge in [-0.3, -0.25) is 9.59 Å². The van der Waals surface area contributed by atoms with Crippen LogP contribution in [0.4, 0.5) is 5.69 Å². The summed E-state index contributed by atoms with van der Waals surface area (Å²) in [6, 6.07) is 5.84. The third-order valence-corrected chi connectivity index (χ3v) is 4.72. The van der Waals surface area contributed by atoms with E-state index in [1.165, 1.54) is 0 Å². The first-order chi connectivity index (χ1) is 11.0. The largest absolute Gasteiger partial charge is 0.494 e. The molecule has 5 heteroatoms. The van der Waals surface area contributed by atoms with Gasteiger partial charge in [0.2, 0.25) is 11.8 Å². The molecule has 1 aromatic rings. The van der Waals surface area contributed by atoms with Gasteiger partial charge in [-0.05, 0) is 63.3 Å². The molecule has 124 valence electrons. The van der Waals surface area contributed by atoms with Crippen molar-refractivity contribution >= 4 is 17.5 Å². The maximum atomic E-state index is 12.7. The fourth-order valence-corrected chi connectivity index (χ4v) is 2.93. The van der Waals surface area contributed by atoms with Crippen LogP contribution in [0.2, 0.25) is 0 Å². The molecule has 3 rings (SSSR count). The molecule has 0 heterocycles. The maximum absolute atomic E-state index is 12.7. The lowest BCUT2D eigenvalue weighted by Gasteiger charge is -2.38. The molecule has 0 aromatic heterocycles. The Morgan fingerprint density at radius 1 is 1.26 bits per heavy atom. The van der Waals surface area contributed by atoms with E-state index in [-0.39, 0.29) is 17.9 Å². The van der Waals surface area contributed by atoms with Crippen LogP contribution in [-0.4, -0.2) is 24.5 Å². The molecule has 0 atom stereocenters. The van der Waals surface area contributed by atoms with Crippen LogP contribution in [0.15, 0.2) is 18.2 Å². The fourth-order valence-electron chi connectivity index (χ4n) is 2.93. The minimum absolute atomic E-state index is 0.105. The molecule has 23 heavy (non-hydrogen) atoms. The van der Waals surface area contributed by atoms with Crippen molar-refractivity contribution in [3.8, 4) is 5.75 Å². The first kappa shape index (κ1) is 15.8. The van der Waals surface area contributed by atoms with Crippen molar-refractivity contribution < 1.29 is 14.3 Å². The van der Waals surface area contributed by atoms with Crippen molar-refractivity contribution in [2.75, 3.05) is 11.9 Å². The number of aryl methyl sites for hydroxylation is 1. The first-order valence-electron chi connectivity index (χ1n) is 8.41. The molecular weight excluding hydrogens is 292 g/mol. The Morgan fingerprint density at radius 2 is 2.00 bits per heavy atom. The minimum Gasteiger partial charge on any atom is -0.494 e. The molecule has 5 nitrogen and oxygen atoms in total. The summed E-state index contributed by atoms with van der Waals surface area (Å²) in [5, 5.41) is 5.89. The second-order valence-electron chi connectivity index (χ2n) is 6.55. The van der Waals surface area contributed by atoms with Gasteiger partial charge < -0.3 is 15.4 Å². The lowest BCUT2D eigenvalue weighted by Crippen LogP contribution is -2.53. The zero-order valence-electron chi connectivity index (χ0n) is 13.8. The normalized spacial score (nSPS) is 18.7. The molecule has 0 bridgehead atoms. The second kappa shape index (κ2) is 6.22. The summed E-state index contributed by atoms with van der Waals surface area (Å²) in [6.45, 7) is 4.49. The smallest absolute Gasteiger partial charge is 0.240 e. The Kier molecular flexibility index (Phi) is 4.28. The number of anilines is 1. The Bertz CT molecular complexity index is 619. The maximum Gasteiger partial charge on any atom is 0.240 e. The van der Waals surface area contributed by atoms with Crippen LogP contribution in [0.1, 0.15) is 44.6 Å². The van der Waals surface area contributed by atoms with Gasteiger partial charge in [0.25, 0.3) is 0 Å². The van der Waals surface area contributed by atoms with Crippen LogP contribution in [-0.2, 0) is 9.59 Å².